The van der Waals surface area contributed by atoms with E-state index in [-0.39, 0.29) is 17.3 Å². The molecule has 1 amide bonds. The molecule has 5 nitrogen and oxygen atoms in total. The Morgan fingerprint density at radius 1 is 1.04 bits per heavy atom. The van der Waals surface area contributed by atoms with Gasteiger partial charge in [0.25, 0.3) is 0 Å². The van der Waals surface area contributed by atoms with Crippen LogP contribution in [0.1, 0.15) is 29.7 Å². The number of sulfone groups is 1. The Morgan fingerprint density at radius 2 is 1.62 bits per heavy atom. The largest absolute Gasteiger partial charge is 0.378 e. The summed E-state index contributed by atoms with van der Waals surface area (Å²) in [7, 11) is 0.219. The first-order valence-corrected chi connectivity index (χ1v) is 10.1. The highest BCUT2D eigenvalue weighted by molar-refractivity contribution is 7.91. The van der Waals surface area contributed by atoms with Crippen molar-refractivity contribution < 1.29 is 13.2 Å². The van der Waals surface area contributed by atoms with Gasteiger partial charge in [0.05, 0.1) is 4.90 Å². The summed E-state index contributed by atoms with van der Waals surface area (Å²) >= 11 is 0. The van der Waals surface area contributed by atoms with Crippen LogP contribution in [-0.4, -0.2) is 35.0 Å². The van der Waals surface area contributed by atoms with E-state index in [1.165, 1.54) is 0 Å². The van der Waals surface area contributed by atoms with Crippen LogP contribution in [0.5, 0.6) is 0 Å². The van der Waals surface area contributed by atoms with Crippen molar-refractivity contribution in [2.45, 2.75) is 30.4 Å². The van der Waals surface area contributed by atoms with Gasteiger partial charge < -0.3 is 10.2 Å². The zero-order valence-corrected chi connectivity index (χ0v) is 16.5. The predicted octanol–water partition coefficient (Wildman–Crippen LogP) is 3.10. The van der Waals surface area contributed by atoms with Crippen molar-refractivity contribution in [3.05, 3.63) is 59.7 Å². The van der Waals surface area contributed by atoms with Crippen LogP contribution < -0.4 is 10.2 Å². The molecule has 0 unspecified atom stereocenters. The average Bonchev–Trinajstić information content (AvgIpc) is 2.62. The first-order chi connectivity index (χ1) is 12.3. The topological polar surface area (TPSA) is 66.5 Å². The zero-order chi connectivity index (χ0) is 19.3. The van der Waals surface area contributed by atoms with Gasteiger partial charge in [-0.3, -0.25) is 4.79 Å². The van der Waals surface area contributed by atoms with Gasteiger partial charge in [0, 0.05) is 32.7 Å². The molecule has 0 saturated carbocycles. The molecule has 0 spiro atoms. The third kappa shape index (κ3) is 4.64. The Balaban J connectivity index is 2.42. The fraction of sp³-hybridized carbons (Fsp3) is 0.350. The Kier molecular flexibility index (Phi) is 6.42. The van der Waals surface area contributed by atoms with E-state index in [0.717, 1.165) is 11.3 Å². The van der Waals surface area contributed by atoms with Gasteiger partial charge in [0.1, 0.15) is 5.25 Å². The monoisotopic (exact) mass is 374 g/mol. The fourth-order valence-corrected chi connectivity index (χ4v) is 4.28. The van der Waals surface area contributed by atoms with Crippen LogP contribution in [0.25, 0.3) is 0 Å². The number of anilines is 1. The number of nitrogens with zero attached hydrogens (tertiary/aromatic N) is 1. The normalized spacial score (nSPS) is 12.5. The molecule has 0 fully saturated rings. The van der Waals surface area contributed by atoms with Gasteiger partial charge in [0.15, 0.2) is 9.84 Å². The molecular weight excluding hydrogens is 348 g/mol. The third-order valence-corrected chi connectivity index (χ3v) is 6.43. The number of rotatable bonds is 7. The SMILES string of the molecule is CCC(=O)NC[C@H](c1ccc(N(C)C)cc1)S(=O)(=O)c1ccc(C)cc1. The lowest BCUT2D eigenvalue weighted by molar-refractivity contribution is -0.120. The molecule has 1 N–H and O–H groups in total. The van der Waals surface area contributed by atoms with Crippen molar-refractivity contribution in [2.24, 2.45) is 0 Å². The highest BCUT2D eigenvalue weighted by Crippen LogP contribution is 2.30. The van der Waals surface area contributed by atoms with Crippen molar-refractivity contribution in [3.63, 3.8) is 0 Å². The number of nitrogens with one attached hydrogen (secondary N) is 1. The van der Waals surface area contributed by atoms with Gasteiger partial charge in [-0.1, -0.05) is 36.8 Å². The lowest BCUT2D eigenvalue weighted by Crippen LogP contribution is -2.31. The highest BCUT2D eigenvalue weighted by Gasteiger charge is 2.29. The van der Waals surface area contributed by atoms with E-state index in [2.05, 4.69) is 5.32 Å². The Labute approximate surface area is 156 Å². The molecule has 0 aliphatic carbocycles. The molecular formula is C20H26N2O3S. The van der Waals surface area contributed by atoms with Gasteiger partial charge in [-0.25, -0.2) is 8.42 Å². The van der Waals surface area contributed by atoms with Crippen molar-refractivity contribution in [1.82, 2.24) is 5.32 Å². The van der Waals surface area contributed by atoms with Crippen molar-refractivity contribution >= 4 is 21.4 Å². The summed E-state index contributed by atoms with van der Waals surface area (Å²) in [5.41, 5.74) is 2.64. The van der Waals surface area contributed by atoms with E-state index >= 15 is 0 Å². The second-order valence-electron chi connectivity index (χ2n) is 6.49. The summed E-state index contributed by atoms with van der Waals surface area (Å²) in [5, 5.41) is 1.89. The van der Waals surface area contributed by atoms with E-state index in [0.29, 0.717) is 12.0 Å². The molecule has 0 aromatic heterocycles. The minimum Gasteiger partial charge on any atom is -0.378 e. The van der Waals surface area contributed by atoms with E-state index < -0.39 is 15.1 Å². The van der Waals surface area contributed by atoms with E-state index in [1.54, 1.807) is 31.2 Å². The lowest BCUT2D eigenvalue weighted by atomic mass is 10.1. The Hall–Kier alpha value is -2.34. The standard InChI is InChI=1S/C20H26N2O3S/c1-5-20(23)21-14-19(16-8-10-17(11-9-16)22(3)4)26(24,25)18-12-6-15(2)7-13-18/h6-13,19H,5,14H2,1-4H3,(H,21,23)/t19-/m1/s1. The number of amides is 1. The summed E-state index contributed by atoms with van der Waals surface area (Å²) in [5.74, 6) is -0.168. The number of carbonyl (C=O) groups is 1. The molecule has 0 heterocycles. The van der Waals surface area contributed by atoms with Crippen LogP contribution in [0.4, 0.5) is 5.69 Å². The molecule has 0 aliphatic heterocycles. The summed E-state index contributed by atoms with van der Waals surface area (Å²) in [6.45, 7) is 3.70. The van der Waals surface area contributed by atoms with Crippen molar-refractivity contribution in [3.8, 4) is 0 Å². The predicted molar refractivity (Wildman–Crippen MR) is 105 cm³/mol. The second kappa shape index (κ2) is 8.36. The summed E-state index contributed by atoms with van der Waals surface area (Å²) in [6, 6.07) is 14.2. The fourth-order valence-electron chi connectivity index (χ4n) is 2.62. The first-order valence-electron chi connectivity index (χ1n) is 8.60. The van der Waals surface area contributed by atoms with Crippen molar-refractivity contribution in [1.29, 1.82) is 0 Å². The van der Waals surface area contributed by atoms with Crippen LogP contribution in [0.15, 0.2) is 53.4 Å². The number of carbonyl (C=O) groups excluding carboxylic acids is 1. The van der Waals surface area contributed by atoms with Crippen LogP contribution in [0, 0.1) is 6.92 Å². The number of hydrogen-bond acceptors (Lipinski definition) is 4. The van der Waals surface area contributed by atoms with Gasteiger partial charge in [0.2, 0.25) is 5.91 Å². The minimum absolute atomic E-state index is 0.0458. The molecule has 140 valence electrons. The average molecular weight is 375 g/mol. The minimum atomic E-state index is -3.64. The quantitative estimate of drug-likeness (QED) is 0.809. The van der Waals surface area contributed by atoms with E-state index in [9.17, 15) is 13.2 Å². The maximum atomic E-state index is 13.2. The van der Waals surface area contributed by atoms with Gasteiger partial charge in [-0.05, 0) is 36.8 Å². The molecule has 0 saturated heterocycles. The number of aryl methyl sites for hydroxylation is 1. The highest BCUT2D eigenvalue weighted by atomic mass is 32.2. The number of benzene rings is 2. The summed E-state index contributed by atoms with van der Waals surface area (Å²) in [6.07, 6.45) is 0.316. The number of hydrogen-bond donors (Lipinski definition) is 1. The molecule has 2 rings (SSSR count). The molecule has 2 aromatic rings. The maximum Gasteiger partial charge on any atom is 0.219 e. The smallest absolute Gasteiger partial charge is 0.219 e. The maximum absolute atomic E-state index is 13.2. The summed E-state index contributed by atoms with van der Waals surface area (Å²) < 4.78 is 26.4. The zero-order valence-electron chi connectivity index (χ0n) is 15.7. The molecule has 1 atom stereocenters. The van der Waals surface area contributed by atoms with Crippen LogP contribution >= 0.6 is 0 Å². The van der Waals surface area contributed by atoms with E-state index in [4.69, 9.17) is 0 Å². The molecule has 0 radical (unpaired) electrons. The lowest BCUT2D eigenvalue weighted by Gasteiger charge is -2.20. The molecule has 0 aliphatic rings. The summed E-state index contributed by atoms with van der Waals surface area (Å²) in [4.78, 5) is 13.9. The van der Waals surface area contributed by atoms with Gasteiger partial charge in [-0.2, -0.15) is 0 Å². The van der Waals surface area contributed by atoms with Crippen molar-refractivity contribution in [2.75, 3.05) is 25.5 Å². The van der Waals surface area contributed by atoms with E-state index in [1.807, 2.05) is 50.2 Å². The van der Waals surface area contributed by atoms with Gasteiger partial charge >= 0.3 is 0 Å². The Morgan fingerprint density at radius 3 is 2.12 bits per heavy atom. The van der Waals surface area contributed by atoms with Crippen LogP contribution in [-0.2, 0) is 14.6 Å². The van der Waals surface area contributed by atoms with Crippen LogP contribution in [0.2, 0.25) is 0 Å². The second-order valence-corrected chi connectivity index (χ2v) is 8.62. The molecule has 26 heavy (non-hydrogen) atoms. The first kappa shape index (κ1) is 20.0. The molecule has 2 aromatic carbocycles. The molecule has 6 heteroatoms. The van der Waals surface area contributed by atoms with Crippen LogP contribution in [0.3, 0.4) is 0 Å². The molecule has 0 bridgehead atoms. The Bertz CT molecular complexity index is 842. The third-order valence-electron chi connectivity index (χ3n) is 4.31. The van der Waals surface area contributed by atoms with Gasteiger partial charge in [-0.15, -0.1) is 0 Å².